The maximum Gasteiger partial charge on any atom is 0.252 e. The van der Waals surface area contributed by atoms with Crippen LogP contribution >= 0.6 is 0 Å². The molecule has 0 saturated heterocycles. The highest BCUT2D eigenvalue weighted by atomic mass is 15.2. The minimum Gasteiger partial charge on any atom is -0.311 e. The SMILES string of the molecule is CC(C)c1cc2c3c(c1)N(c1ccc(C(C)(C)C)cc1-c1cccc(-c4ccc(C(C)(C)C)cc4)c1)c1cc4c(cc1B3c1cc(C(C)(C)c3ccccc3)ccc1N2c1ccc(C(C)(C)c2ccccc2)cc1)C(C)(C)CCC4(C)C. The molecule has 9 aromatic carbocycles. The number of anilines is 6. The molecule has 2 aliphatic heterocycles. The zero-order valence-corrected chi connectivity index (χ0v) is 51.9. The van der Waals surface area contributed by atoms with Crippen molar-refractivity contribution in [2.24, 2.45) is 0 Å². The summed E-state index contributed by atoms with van der Waals surface area (Å²) in [6.07, 6.45) is 2.28. The fraction of sp³-hybridized carbons (Fsp3) is 0.316. The fourth-order valence-corrected chi connectivity index (χ4v) is 13.9. The third-order valence-electron chi connectivity index (χ3n) is 19.6. The summed E-state index contributed by atoms with van der Waals surface area (Å²) >= 11 is 0. The highest BCUT2D eigenvalue weighted by Gasteiger charge is 2.48. The fourth-order valence-electron chi connectivity index (χ4n) is 13.9. The third kappa shape index (κ3) is 9.36. The average Bonchev–Trinajstić information content (AvgIpc) is 2.80. The summed E-state index contributed by atoms with van der Waals surface area (Å²) in [5, 5.41) is 0. The van der Waals surface area contributed by atoms with E-state index in [1.807, 2.05) is 0 Å². The lowest BCUT2D eigenvalue weighted by molar-refractivity contribution is 0.332. The van der Waals surface area contributed by atoms with Gasteiger partial charge in [0.2, 0.25) is 0 Å². The molecule has 0 aromatic heterocycles. The van der Waals surface area contributed by atoms with Gasteiger partial charge in [0.1, 0.15) is 0 Å². The Bertz CT molecular complexity index is 3900. The average molecular weight is 1070 g/mol. The second kappa shape index (κ2) is 19.6. The van der Waals surface area contributed by atoms with Crippen LogP contribution in [0.25, 0.3) is 22.3 Å². The Kier molecular flexibility index (Phi) is 13.2. The van der Waals surface area contributed by atoms with E-state index in [0.29, 0.717) is 0 Å². The molecule has 2 heterocycles. The molecule has 0 radical (unpaired) electrons. The van der Waals surface area contributed by atoms with Crippen molar-refractivity contribution in [2.75, 3.05) is 9.80 Å². The topological polar surface area (TPSA) is 6.48 Å². The molecule has 0 unspecified atom stereocenters. The van der Waals surface area contributed by atoms with E-state index < -0.39 is 0 Å². The van der Waals surface area contributed by atoms with Gasteiger partial charge < -0.3 is 9.80 Å². The zero-order chi connectivity index (χ0) is 58.1. The smallest absolute Gasteiger partial charge is 0.252 e. The molecule has 414 valence electrons. The maximum atomic E-state index is 2.73. The Morgan fingerprint density at radius 1 is 0.378 bits per heavy atom. The number of rotatable bonds is 9. The molecular formula is C79H85BN2. The van der Waals surface area contributed by atoms with Crippen molar-refractivity contribution in [3.05, 3.63) is 244 Å². The Hall–Kier alpha value is -7.36. The molecule has 1 aliphatic carbocycles. The summed E-state index contributed by atoms with van der Waals surface area (Å²) in [4.78, 5) is 5.36. The number of fused-ring (bicyclic) bond motifs is 5. The van der Waals surface area contributed by atoms with Gasteiger partial charge in [-0.3, -0.25) is 0 Å². The molecule has 0 N–H and O–H groups in total. The van der Waals surface area contributed by atoms with E-state index in [9.17, 15) is 0 Å². The van der Waals surface area contributed by atoms with Crippen LogP contribution in [0.2, 0.25) is 0 Å². The number of benzene rings is 9. The van der Waals surface area contributed by atoms with Crippen LogP contribution in [-0.2, 0) is 32.5 Å². The van der Waals surface area contributed by atoms with Gasteiger partial charge in [-0.1, -0.05) is 250 Å². The minimum absolute atomic E-state index is 0.00366. The summed E-state index contributed by atoms with van der Waals surface area (Å²) < 4.78 is 0. The van der Waals surface area contributed by atoms with Gasteiger partial charge >= 0.3 is 0 Å². The van der Waals surface area contributed by atoms with Crippen molar-refractivity contribution in [1.29, 1.82) is 0 Å². The van der Waals surface area contributed by atoms with E-state index in [4.69, 9.17) is 0 Å². The molecule has 82 heavy (non-hydrogen) atoms. The molecule has 0 saturated carbocycles. The summed E-state index contributed by atoms with van der Waals surface area (Å²) in [5.41, 5.74) is 28.1. The van der Waals surface area contributed by atoms with E-state index in [1.54, 1.807) is 0 Å². The summed E-state index contributed by atoms with van der Waals surface area (Å²) in [5.74, 6) is 0.266. The van der Waals surface area contributed by atoms with Crippen LogP contribution in [0, 0.1) is 0 Å². The maximum absolute atomic E-state index is 2.73. The standard InChI is InChI=1S/C79H85BN2/c1-51(2)55-45-71-73-72(46-55)82(68-40-36-60(75(6,7)8)47-63(68)54-25-23-24-53(44-54)52-30-32-56(33-31-52)74(3,4)5)70-50-65-64(76(9,10)42-43-77(65,11)12)49-67(70)80(73)66-48-61(79(15,16)58-28-21-18-22-29-58)37-41-69(66)81(71)62-38-34-59(35-39-62)78(13,14)57-26-19-17-20-27-57/h17-41,44-51H,42-43H2,1-16H3. The Balaban J connectivity index is 1.17. The van der Waals surface area contributed by atoms with Crippen LogP contribution in [0.4, 0.5) is 34.1 Å². The van der Waals surface area contributed by atoms with Crippen LogP contribution in [0.1, 0.15) is 180 Å². The lowest BCUT2D eigenvalue weighted by Crippen LogP contribution is -2.62. The Labute approximate surface area is 492 Å². The van der Waals surface area contributed by atoms with Crippen molar-refractivity contribution >= 4 is 57.2 Å². The highest BCUT2D eigenvalue weighted by Crippen LogP contribution is 2.53. The van der Waals surface area contributed by atoms with Crippen LogP contribution in [0.3, 0.4) is 0 Å². The summed E-state index contributed by atoms with van der Waals surface area (Å²) in [6.45, 7) is 38.1. The molecule has 0 bridgehead atoms. The normalized spacial score (nSPS) is 15.5. The monoisotopic (exact) mass is 1070 g/mol. The van der Waals surface area contributed by atoms with Crippen LogP contribution in [0.5, 0.6) is 0 Å². The number of hydrogen-bond acceptors (Lipinski definition) is 2. The van der Waals surface area contributed by atoms with Gasteiger partial charge in [0.05, 0.1) is 5.69 Å². The van der Waals surface area contributed by atoms with Crippen LogP contribution in [0.15, 0.2) is 194 Å². The van der Waals surface area contributed by atoms with Gasteiger partial charge in [-0.2, -0.15) is 0 Å². The third-order valence-corrected chi connectivity index (χ3v) is 19.6. The molecule has 0 spiro atoms. The van der Waals surface area contributed by atoms with E-state index in [0.717, 1.165) is 12.8 Å². The predicted octanol–water partition coefficient (Wildman–Crippen LogP) is 19.8. The lowest BCUT2D eigenvalue weighted by Gasteiger charge is -2.48. The molecule has 0 atom stereocenters. The second-order valence-electron chi connectivity index (χ2n) is 29.1. The van der Waals surface area contributed by atoms with Crippen molar-refractivity contribution in [3.8, 4) is 22.3 Å². The zero-order valence-electron chi connectivity index (χ0n) is 51.9. The van der Waals surface area contributed by atoms with Gasteiger partial charge in [0.25, 0.3) is 6.71 Å². The quantitative estimate of drug-likeness (QED) is 0.133. The minimum atomic E-state index is -0.255. The summed E-state index contributed by atoms with van der Waals surface area (Å²) in [7, 11) is 0. The Morgan fingerprint density at radius 2 is 0.866 bits per heavy atom. The van der Waals surface area contributed by atoms with Crippen molar-refractivity contribution < 1.29 is 0 Å². The first-order valence-corrected chi connectivity index (χ1v) is 30.4. The second-order valence-corrected chi connectivity index (χ2v) is 29.1. The van der Waals surface area contributed by atoms with E-state index in [1.165, 1.54) is 123 Å². The highest BCUT2D eigenvalue weighted by molar-refractivity contribution is 7.00. The van der Waals surface area contributed by atoms with Gasteiger partial charge in [0, 0.05) is 44.8 Å². The summed E-state index contributed by atoms with van der Waals surface area (Å²) in [6, 6.07) is 75.7. The molecular weight excluding hydrogens is 988 g/mol. The first-order valence-electron chi connectivity index (χ1n) is 30.4. The van der Waals surface area contributed by atoms with Crippen LogP contribution in [-0.4, -0.2) is 6.71 Å². The number of hydrogen-bond donors (Lipinski definition) is 0. The molecule has 0 fully saturated rings. The molecule has 3 heteroatoms. The van der Waals surface area contributed by atoms with Crippen molar-refractivity contribution in [1.82, 2.24) is 0 Å². The van der Waals surface area contributed by atoms with E-state index >= 15 is 0 Å². The molecule has 2 nitrogen and oxygen atoms in total. The van der Waals surface area contributed by atoms with Gasteiger partial charge in [-0.15, -0.1) is 0 Å². The number of nitrogens with zero attached hydrogens (tertiary/aromatic N) is 2. The van der Waals surface area contributed by atoms with Crippen molar-refractivity contribution in [2.45, 2.75) is 162 Å². The van der Waals surface area contributed by atoms with Gasteiger partial charge in [-0.05, 0) is 178 Å². The largest absolute Gasteiger partial charge is 0.311 e. The first-order chi connectivity index (χ1) is 38.7. The lowest BCUT2D eigenvalue weighted by atomic mass is 9.32. The predicted molar refractivity (Wildman–Crippen MR) is 355 cm³/mol. The molecule has 3 aliphatic rings. The van der Waals surface area contributed by atoms with E-state index in [-0.39, 0.29) is 45.1 Å². The van der Waals surface area contributed by atoms with Crippen LogP contribution < -0.4 is 26.2 Å². The molecule has 9 aromatic rings. The Morgan fingerprint density at radius 3 is 1.45 bits per heavy atom. The molecule has 0 amide bonds. The van der Waals surface area contributed by atoms with Gasteiger partial charge in [0.15, 0.2) is 0 Å². The van der Waals surface area contributed by atoms with E-state index in [2.05, 4.69) is 315 Å². The first kappa shape index (κ1) is 55.2. The van der Waals surface area contributed by atoms with Crippen molar-refractivity contribution in [3.63, 3.8) is 0 Å². The molecule has 12 rings (SSSR count). The van der Waals surface area contributed by atoms with Gasteiger partial charge in [-0.25, -0.2) is 0 Å².